The Labute approximate surface area is 186 Å². The van der Waals surface area contributed by atoms with Gasteiger partial charge in [0.2, 0.25) is 0 Å². The summed E-state index contributed by atoms with van der Waals surface area (Å²) in [6.07, 6.45) is 0.964. The summed E-state index contributed by atoms with van der Waals surface area (Å²) in [6, 6.07) is 10.8. The molecular formula is C23H28N4OS2. The molecule has 1 amide bonds. The highest BCUT2D eigenvalue weighted by molar-refractivity contribution is 7.17. The second-order valence-electron chi connectivity index (χ2n) is 7.72. The maximum Gasteiger partial charge on any atom is 0.263 e. The molecule has 3 heterocycles. The molecule has 30 heavy (non-hydrogen) atoms. The average molecular weight is 441 g/mol. The van der Waals surface area contributed by atoms with Crippen molar-refractivity contribution in [1.29, 1.82) is 0 Å². The number of piperazine rings is 1. The van der Waals surface area contributed by atoms with Crippen LogP contribution in [0.2, 0.25) is 0 Å². The molecule has 1 N–H and O–H groups in total. The number of carbonyl (C=O) groups excluding carboxylic acids is 1. The molecule has 0 bridgehead atoms. The summed E-state index contributed by atoms with van der Waals surface area (Å²) < 4.78 is 0. The molecule has 0 spiro atoms. The lowest BCUT2D eigenvalue weighted by Gasteiger charge is -2.36. The van der Waals surface area contributed by atoms with Gasteiger partial charge in [-0.3, -0.25) is 9.69 Å². The lowest BCUT2D eigenvalue weighted by molar-refractivity contribution is 0.0954. The van der Waals surface area contributed by atoms with Gasteiger partial charge in [-0.15, -0.1) is 11.3 Å². The van der Waals surface area contributed by atoms with E-state index in [-0.39, 0.29) is 5.91 Å². The maximum atomic E-state index is 12.6. The molecule has 0 saturated carbocycles. The molecule has 0 aliphatic carbocycles. The van der Waals surface area contributed by atoms with Crippen molar-refractivity contribution in [3.05, 3.63) is 57.2 Å². The quantitative estimate of drug-likeness (QED) is 0.552. The first-order chi connectivity index (χ1) is 14.6. The van der Waals surface area contributed by atoms with Crippen molar-refractivity contribution in [2.24, 2.45) is 0 Å². The van der Waals surface area contributed by atoms with Gasteiger partial charge in [-0.25, -0.2) is 4.98 Å². The summed E-state index contributed by atoms with van der Waals surface area (Å²) in [5, 5.41) is 8.10. The summed E-state index contributed by atoms with van der Waals surface area (Å²) in [6.45, 7) is 10.0. The van der Waals surface area contributed by atoms with Crippen LogP contribution in [0.15, 0.2) is 41.1 Å². The second-order valence-corrected chi connectivity index (χ2v) is 9.50. The lowest BCUT2D eigenvalue weighted by atomic mass is 10.2. The largest absolute Gasteiger partial charge is 0.369 e. The molecule has 3 aromatic rings. The van der Waals surface area contributed by atoms with Gasteiger partial charge in [0.25, 0.3) is 5.91 Å². The SMILES string of the molecule is Cc1cccc(N2CCN(CCCNC(=O)c3sc(-c4ccsc4)nc3C)CC2)c1. The van der Waals surface area contributed by atoms with Crippen LogP contribution in [0.4, 0.5) is 5.69 Å². The van der Waals surface area contributed by atoms with Crippen molar-refractivity contribution in [3.8, 4) is 10.6 Å². The molecule has 1 aliphatic rings. The van der Waals surface area contributed by atoms with E-state index in [2.05, 4.69) is 56.7 Å². The van der Waals surface area contributed by atoms with E-state index in [1.54, 1.807) is 11.3 Å². The van der Waals surface area contributed by atoms with Crippen LogP contribution < -0.4 is 10.2 Å². The summed E-state index contributed by atoms with van der Waals surface area (Å²) >= 11 is 3.12. The average Bonchev–Trinajstić information content (AvgIpc) is 3.41. The van der Waals surface area contributed by atoms with Crippen molar-refractivity contribution in [2.45, 2.75) is 20.3 Å². The number of aryl methyl sites for hydroxylation is 2. The summed E-state index contributed by atoms with van der Waals surface area (Å²) in [7, 11) is 0. The Morgan fingerprint density at radius 1 is 1.17 bits per heavy atom. The van der Waals surface area contributed by atoms with Crippen molar-refractivity contribution in [3.63, 3.8) is 0 Å². The van der Waals surface area contributed by atoms with Crippen LogP contribution in [-0.2, 0) is 0 Å². The number of aromatic nitrogens is 1. The maximum absolute atomic E-state index is 12.6. The summed E-state index contributed by atoms with van der Waals surface area (Å²) in [5.41, 5.74) is 4.54. The molecule has 2 aromatic heterocycles. The second kappa shape index (κ2) is 9.73. The van der Waals surface area contributed by atoms with E-state index in [4.69, 9.17) is 0 Å². The molecule has 0 radical (unpaired) electrons. The fourth-order valence-corrected chi connectivity index (χ4v) is 5.45. The van der Waals surface area contributed by atoms with Gasteiger partial charge in [-0.2, -0.15) is 11.3 Å². The molecule has 1 aliphatic heterocycles. The van der Waals surface area contributed by atoms with Gasteiger partial charge in [0, 0.05) is 49.4 Å². The topological polar surface area (TPSA) is 48.5 Å². The molecule has 5 nitrogen and oxygen atoms in total. The highest BCUT2D eigenvalue weighted by Gasteiger charge is 2.18. The van der Waals surface area contributed by atoms with E-state index < -0.39 is 0 Å². The van der Waals surface area contributed by atoms with Gasteiger partial charge in [-0.1, -0.05) is 12.1 Å². The van der Waals surface area contributed by atoms with Gasteiger partial charge >= 0.3 is 0 Å². The normalized spacial score (nSPS) is 14.8. The predicted molar refractivity (Wildman–Crippen MR) is 127 cm³/mol. The number of carbonyl (C=O) groups is 1. The summed E-state index contributed by atoms with van der Waals surface area (Å²) in [5.74, 6) is -0.00394. The number of hydrogen-bond acceptors (Lipinski definition) is 6. The van der Waals surface area contributed by atoms with Gasteiger partial charge in [0.05, 0.1) is 5.69 Å². The number of rotatable bonds is 7. The van der Waals surface area contributed by atoms with E-state index >= 15 is 0 Å². The first-order valence-electron chi connectivity index (χ1n) is 10.4. The Hall–Kier alpha value is -2.22. The van der Waals surface area contributed by atoms with Crippen molar-refractivity contribution >= 4 is 34.3 Å². The number of amides is 1. The smallest absolute Gasteiger partial charge is 0.263 e. The zero-order valence-electron chi connectivity index (χ0n) is 17.6. The lowest BCUT2D eigenvalue weighted by Crippen LogP contribution is -2.47. The minimum Gasteiger partial charge on any atom is -0.369 e. The van der Waals surface area contributed by atoms with E-state index in [0.717, 1.165) is 60.3 Å². The summed E-state index contributed by atoms with van der Waals surface area (Å²) in [4.78, 5) is 22.8. The number of anilines is 1. The molecule has 1 aromatic carbocycles. The Morgan fingerprint density at radius 2 is 2.00 bits per heavy atom. The molecule has 0 unspecified atom stereocenters. The molecule has 158 valence electrons. The minimum atomic E-state index is -0.00394. The van der Waals surface area contributed by atoms with E-state index in [9.17, 15) is 4.79 Å². The van der Waals surface area contributed by atoms with Crippen LogP contribution in [0.25, 0.3) is 10.6 Å². The Kier molecular flexibility index (Phi) is 6.82. The van der Waals surface area contributed by atoms with E-state index in [1.165, 1.54) is 22.6 Å². The monoisotopic (exact) mass is 440 g/mol. The van der Waals surface area contributed by atoms with Gasteiger partial charge < -0.3 is 10.2 Å². The van der Waals surface area contributed by atoms with E-state index in [0.29, 0.717) is 6.54 Å². The van der Waals surface area contributed by atoms with Crippen LogP contribution in [0.5, 0.6) is 0 Å². The van der Waals surface area contributed by atoms with Crippen molar-refractivity contribution in [2.75, 3.05) is 44.2 Å². The first-order valence-corrected chi connectivity index (χ1v) is 12.2. The Balaban J connectivity index is 1.19. The predicted octanol–water partition coefficient (Wildman–Crippen LogP) is 4.43. The van der Waals surface area contributed by atoms with Crippen LogP contribution in [0, 0.1) is 13.8 Å². The third-order valence-corrected chi connectivity index (χ3v) is 7.34. The Bertz CT molecular complexity index is 975. The minimum absolute atomic E-state index is 0.00394. The molecular weight excluding hydrogens is 412 g/mol. The molecule has 1 fully saturated rings. The molecule has 1 saturated heterocycles. The van der Waals surface area contributed by atoms with Crippen LogP contribution in [-0.4, -0.2) is 55.1 Å². The highest BCUT2D eigenvalue weighted by atomic mass is 32.1. The molecule has 7 heteroatoms. The number of hydrogen-bond donors (Lipinski definition) is 1. The van der Waals surface area contributed by atoms with Gasteiger partial charge in [0.1, 0.15) is 9.88 Å². The number of thiophene rings is 1. The standard InChI is InChI=1S/C23H28N4OS2/c1-17-5-3-6-20(15-17)27-12-10-26(11-13-27)9-4-8-24-22(28)21-18(2)25-23(30-21)19-7-14-29-16-19/h3,5-7,14-16H,4,8-13H2,1-2H3,(H,24,28). The number of nitrogens with one attached hydrogen (secondary N) is 1. The number of benzene rings is 1. The third kappa shape index (κ3) is 5.09. The Morgan fingerprint density at radius 3 is 2.73 bits per heavy atom. The van der Waals surface area contributed by atoms with Crippen molar-refractivity contribution < 1.29 is 4.79 Å². The van der Waals surface area contributed by atoms with Crippen LogP contribution in [0.1, 0.15) is 27.3 Å². The zero-order valence-corrected chi connectivity index (χ0v) is 19.2. The highest BCUT2D eigenvalue weighted by Crippen LogP contribution is 2.29. The third-order valence-electron chi connectivity index (χ3n) is 5.45. The number of thiazole rings is 1. The molecule has 4 rings (SSSR count). The van der Waals surface area contributed by atoms with Crippen LogP contribution in [0.3, 0.4) is 0 Å². The van der Waals surface area contributed by atoms with E-state index in [1.807, 2.05) is 18.4 Å². The first kappa shape index (κ1) is 21.0. The van der Waals surface area contributed by atoms with Crippen LogP contribution >= 0.6 is 22.7 Å². The fourth-order valence-electron chi connectivity index (χ4n) is 3.76. The van der Waals surface area contributed by atoms with Gasteiger partial charge in [0.15, 0.2) is 0 Å². The fraction of sp³-hybridized carbons (Fsp3) is 0.391. The van der Waals surface area contributed by atoms with Gasteiger partial charge in [-0.05, 0) is 56.0 Å². The molecule has 0 atom stereocenters. The zero-order chi connectivity index (χ0) is 20.9. The number of nitrogens with zero attached hydrogens (tertiary/aromatic N) is 3. The van der Waals surface area contributed by atoms with Crippen molar-refractivity contribution in [1.82, 2.24) is 15.2 Å².